The molecule has 4 amide bonds. The standard InChI is InChI=1S/C12H17NO4.C11H15NO5.C9H18O2S2.C8H16O3S2.C6H12O3.C5H12OS2.C5H12O.C4H10O2S2.C4H10O2/c1-2-9(14)3-4-10(15)7-8-13-11(16)5-6-12(13)17;13-7-9(15)2-1-8(14)5-6-12-10(16)3-4-11(12)17;1-3-8(10)4-5-9(11)6-7-13-12-2;1-12-13-5-4-7(10)2-3-8(11)6-9;1-3-5(7)4-6(8)9-2;1-3-5(6)4-8-7-2;1-3-5(6)4-2;1-7-8-3-4(6)2-5;1-2-4(6)3-5/h5-6,9,14H,2-4,7-8H2,1H3;3-4,9,13,15H,1-2,5-7H2;8,10H,3-7H2,1-2H3;8-9,11H,2-6H2,1H3;5,7H,3-4H2,1-2H3;5-6H,3-4H2,1-2H3;5-6H,3-4H2,1-2H3;4-6H,2-3H2,1H3;4-6H,2-3H2,1H3. The van der Waals surface area contributed by atoms with E-state index in [2.05, 4.69) is 4.74 Å². The summed E-state index contributed by atoms with van der Waals surface area (Å²) in [5.41, 5.74) is 0. The molecule has 2 aliphatic rings. The van der Waals surface area contributed by atoms with Crippen LogP contribution in [-0.2, 0) is 47.9 Å². The minimum Gasteiger partial charge on any atom is -0.469 e. The number of hydrogen-bond acceptors (Lipinski definition) is 31. The van der Waals surface area contributed by atoms with Crippen LogP contribution in [0.15, 0.2) is 24.3 Å². The van der Waals surface area contributed by atoms with Gasteiger partial charge in [-0.2, -0.15) is 0 Å². The monoisotopic (exact) mass is 1540 g/mol. The van der Waals surface area contributed by atoms with Gasteiger partial charge < -0.3 is 71.1 Å². The predicted octanol–water partition coefficient (Wildman–Crippen LogP) is 6.38. The lowest BCUT2D eigenvalue weighted by molar-refractivity contribution is -0.143. The molecular formula is C64H122N2O23S8. The maximum atomic E-state index is 11.5. The van der Waals surface area contributed by atoms with E-state index in [4.69, 9.17) is 56.2 Å². The van der Waals surface area contributed by atoms with E-state index in [1.807, 2.05) is 73.5 Å². The number of aliphatic hydroxyl groups excluding tert-OH is 13. The van der Waals surface area contributed by atoms with Crippen molar-refractivity contribution in [1.82, 2.24) is 9.80 Å². The molecule has 0 fully saturated rings. The lowest BCUT2D eigenvalue weighted by Crippen LogP contribution is -2.32. The molecule has 0 aromatic rings. The van der Waals surface area contributed by atoms with E-state index < -0.39 is 48.4 Å². The van der Waals surface area contributed by atoms with Crippen molar-refractivity contribution in [3.63, 3.8) is 0 Å². The van der Waals surface area contributed by atoms with Crippen molar-refractivity contribution < 1.29 is 114 Å². The number of aliphatic hydroxyl groups is 13. The lowest BCUT2D eigenvalue weighted by Gasteiger charge is -2.13. The van der Waals surface area contributed by atoms with E-state index >= 15 is 0 Å². The van der Waals surface area contributed by atoms with E-state index in [1.165, 1.54) is 31.4 Å². The summed E-state index contributed by atoms with van der Waals surface area (Å²) < 4.78 is 4.32. The second kappa shape index (κ2) is 79.9. The molecule has 0 spiro atoms. The molecule has 0 aromatic carbocycles. The SMILES string of the molecule is CCC(O)CC.CCC(O)CC(=O)OC.CCC(O)CCC(=O)CCN1C(=O)C=CC1=O.CCC(O)CCC(=O)CCSSC.CCC(O)CO.CCC(O)CSSC.CSSCC(O)CO.CSSCCC(=O)CCC(O)CO.O=C(CCC(O)CO)CCN1C(=O)C=CC1=O. The first kappa shape index (κ1) is 109. The number of rotatable bonds is 45. The van der Waals surface area contributed by atoms with Gasteiger partial charge in [-0.3, -0.25) is 53.0 Å². The fourth-order valence-electron chi connectivity index (χ4n) is 5.96. The van der Waals surface area contributed by atoms with Crippen LogP contribution in [0, 0.1) is 0 Å². The van der Waals surface area contributed by atoms with Crippen LogP contribution >= 0.6 is 86.4 Å². The number of methoxy groups -OCH3 is 1. The maximum absolute atomic E-state index is 11.5. The Morgan fingerprint density at radius 1 is 0.361 bits per heavy atom. The van der Waals surface area contributed by atoms with Crippen molar-refractivity contribution in [3.05, 3.63) is 24.3 Å². The average Bonchev–Trinajstić information content (AvgIpc) is 1.80. The van der Waals surface area contributed by atoms with E-state index in [0.717, 1.165) is 52.7 Å². The van der Waals surface area contributed by atoms with Gasteiger partial charge in [-0.15, -0.1) is 0 Å². The molecular weight excluding hydrogens is 1420 g/mol. The number of imide groups is 2. The van der Waals surface area contributed by atoms with Crippen molar-refractivity contribution in [1.29, 1.82) is 0 Å². The minimum atomic E-state index is -0.893. The van der Waals surface area contributed by atoms with Crippen LogP contribution in [0.4, 0.5) is 0 Å². The van der Waals surface area contributed by atoms with Crippen LogP contribution in [0.2, 0.25) is 0 Å². The van der Waals surface area contributed by atoms with E-state index in [0.29, 0.717) is 76.4 Å². The number of esters is 1. The number of ether oxygens (including phenoxy) is 1. The molecule has 0 bridgehead atoms. The van der Waals surface area contributed by atoms with Crippen LogP contribution in [0.3, 0.4) is 0 Å². The quantitative estimate of drug-likeness (QED) is 0.0136. The number of carbonyl (C=O) groups is 9. The lowest BCUT2D eigenvalue weighted by atomic mass is 10.1. The first-order valence-electron chi connectivity index (χ1n) is 32.3. The highest BCUT2D eigenvalue weighted by molar-refractivity contribution is 8.77. The summed E-state index contributed by atoms with van der Waals surface area (Å²) in [6.45, 7) is 12.7. The Balaban J connectivity index is -0.000000192. The highest BCUT2D eigenvalue weighted by atomic mass is 33.1. The first-order chi connectivity index (χ1) is 45.9. The van der Waals surface area contributed by atoms with Gasteiger partial charge in [-0.05, 0) is 95.7 Å². The molecule has 97 heavy (non-hydrogen) atoms. The molecule has 0 saturated heterocycles. The zero-order valence-electron chi connectivity index (χ0n) is 59.3. The Morgan fingerprint density at radius 2 is 0.629 bits per heavy atom. The molecule has 0 saturated carbocycles. The highest BCUT2D eigenvalue weighted by Crippen LogP contribution is 2.20. The molecule has 0 aromatic heterocycles. The van der Waals surface area contributed by atoms with Gasteiger partial charge in [0.2, 0.25) is 0 Å². The van der Waals surface area contributed by atoms with E-state index in [9.17, 15) is 53.4 Å². The Hall–Kier alpha value is -1.81. The van der Waals surface area contributed by atoms with Crippen LogP contribution in [0.1, 0.15) is 177 Å². The molecule has 8 unspecified atom stereocenters. The molecule has 2 aliphatic heterocycles. The number of amides is 4. The van der Waals surface area contributed by atoms with Gasteiger partial charge in [-0.25, -0.2) is 0 Å². The first-order valence-corrected chi connectivity index (χ1v) is 43.2. The second-order valence-electron chi connectivity index (χ2n) is 20.8. The summed E-state index contributed by atoms with van der Waals surface area (Å²) in [6.07, 6.45) is 18.3. The fourth-order valence-corrected chi connectivity index (χ4v) is 11.1. The van der Waals surface area contributed by atoms with Gasteiger partial charge in [0.25, 0.3) is 23.6 Å². The number of ketones is 4. The molecule has 33 heteroatoms. The Morgan fingerprint density at radius 3 is 0.866 bits per heavy atom. The topological polar surface area (TPSA) is 432 Å². The van der Waals surface area contributed by atoms with Crippen molar-refractivity contribution in [3.8, 4) is 0 Å². The van der Waals surface area contributed by atoms with E-state index in [1.54, 1.807) is 86.4 Å². The van der Waals surface area contributed by atoms with Gasteiger partial charge >= 0.3 is 5.97 Å². The van der Waals surface area contributed by atoms with Crippen LogP contribution in [-0.4, -0.2) is 279 Å². The van der Waals surface area contributed by atoms with Crippen molar-refractivity contribution >= 4 is 139 Å². The number of hydrogen-bond donors (Lipinski definition) is 13. The smallest absolute Gasteiger partial charge is 0.308 e. The largest absolute Gasteiger partial charge is 0.469 e. The second-order valence-corrected chi connectivity index (χ2v) is 31.4. The number of nitrogens with zero attached hydrogens (tertiary/aromatic N) is 2. The van der Waals surface area contributed by atoms with Gasteiger partial charge in [0.05, 0.1) is 94.9 Å². The van der Waals surface area contributed by atoms with Crippen LogP contribution in [0.5, 0.6) is 0 Å². The van der Waals surface area contributed by atoms with E-state index in [-0.39, 0.29) is 131 Å². The number of Topliss-reactive ketones (excluding diaryl/α,β-unsaturated/α-hetero) is 4. The molecule has 0 aliphatic carbocycles. The molecule has 2 heterocycles. The zero-order chi connectivity index (χ0) is 76.0. The third-order valence-corrected chi connectivity index (χ3v) is 20.1. The average molecular weight is 1540 g/mol. The van der Waals surface area contributed by atoms with Crippen LogP contribution < -0.4 is 0 Å². The summed E-state index contributed by atoms with van der Waals surface area (Å²) in [6, 6.07) is 0. The predicted molar refractivity (Wildman–Crippen MR) is 402 cm³/mol. The summed E-state index contributed by atoms with van der Waals surface area (Å²) in [5.74, 6) is 1.54. The summed E-state index contributed by atoms with van der Waals surface area (Å²) >= 11 is 0. The van der Waals surface area contributed by atoms with Crippen molar-refractivity contribution in [2.24, 2.45) is 0 Å². The number of carbonyl (C=O) groups excluding carboxylic acids is 9. The van der Waals surface area contributed by atoms with Gasteiger partial charge in [0, 0.05) is 112 Å². The Bertz CT molecular complexity index is 1840. The molecule has 13 N–H and O–H groups in total. The molecule has 0 radical (unpaired) electrons. The third-order valence-electron chi connectivity index (χ3n) is 12.7. The van der Waals surface area contributed by atoms with Gasteiger partial charge in [0.1, 0.15) is 23.1 Å². The molecule has 8 atom stereocenters. The van der Waals surface area contributed by atoms with Crippen molar-refractivity contribution in [2.45, 2.75) is 232 Å². The summed E-state index contributed by atoms with van der Waals surface area (Å²) in [7, 11) is 14.6. The molecule has 574 valence electrons. The Labute approximate surface area is 609 Å². The minimum absolute atomic E-state index is 0.0370. The van der Waals surface area contributed by atoms with Crippen LogP contribution in [0.25, 0.3) is 0 Å². The third kappa shape index (κ3) is 79.7. The molecule has 2 rings (SSSR count). The summed E-state index contributed by atoms with van der Waals surface area (Å²) in [5, 5.41) is 114. The summed E-state index contributed by atoms with van der Waals surface area (Å²) in [4.78, 5) is 102. The normalized spacial score (nSPS) is 14.3. The highest BCUT2D eigenvalue weighted by Gasteiger charge is 2.25. The van der Waals surface area contributed by atoms with Crippen molar-refractivity contribution in [2.75, 3.05) is 94.7 Å². The Kier molecular flexibility index (Phi) is 89.4. The molecule has 25 nitrogen and oxygen atoms in total. The zero-order valence-corrected chi connectivity index (χ0v) is 65.8. The van der Waals surface area contributed by atoms with Gasteiger partial charge in [0.15, 0.2) is 0 Å². The van der Waals surface area contributed by atoms with Gasteiger partial charge in [-0.1, -0.05) is 135 Å². The fraction of sp³-hybridized carbons (Fsp3) is 0.797. The maximum Gasteiger partial charge on any atom is 0.308 e.